The molecule has 7 nitrogen and oxygen atoms in total. The zero-order chi connectivity index (χ0) is 19.2. The minimum absolute atomic E-state index is 0.184. The number of nitrogens with one attached hydrogen (secondary N) is 2. The number of rotatable bonds is 5. The monoisotopic (exact) mass is 368 g/mol. The van der Waals surface area contributed by atoms with Crippen LogP contribution >= 0.6 is 0 Å². The second-order valence-corrected chi connectivity index (χ2v) is 6.06. The number of amides is 2. The van der Waals surface area contributed by atoms with Gasteiger partial charge in [-0.25, -0.2) is 4.79 Å². The summed E-state index contributed by atoms with van der Waals surface area (Å²) in [6.45, 7) is 0.601. The molecule has 27 heavy (non-hydrogen) atoms. The van der Waals surface area contributed by atoms with E-state index in [0.717, 1.165) is 6.42 Å². The smallest absolute Gasteiger partial charge is 0.339 e. The van der Waals surface area contributed by atoms with E-state index in [0.29, 0.717) is 30.0 Å². The van der Waals surface area contributed by atoms with Crippen molar-refractivity contribution in [3.8, 4) is 0 Å². The van der Waals surface area contributed by atoms with Crippen LogP contribution in [0, 0.1) is 0 Å². The Morgan fingerprint density at radius 3 is 2.44 bits per heavy atom. The molecule has 1 atom stereocenters. The highest BCUT2D eigenvalue weighted by Gasteiger charge is 2.23. The average Bonchev–Trinajstić information content (AvgIpc) is 3.23. The second kappa shape index (κ2) is 8.46. The van der Waals surface area contributed by atoms with E-state index in [2.05, 4.69) is 10.6 Å². The van der Waals surface area contributed by atoms with E-state index in [-0.39, 0.29) is 17.4 Å². The molecular formula is C20H20N2O5. The van der Waals surface area contributed by atoms with Gasteiger partial charge in [-0.1, -0.05) is 12.1 Å². The molecule has 3 rings (SSSR count). The maximum absolute atomic E-state index is 12.4. The third kappa shape index (κ3) is 4.51. The van der Waals surface area contributed by atoms with E-state index >= 15 is 0 Å². The van der Waals surface area contributed by atoms with Crippen LogP contribution in [0.25, 0.3) is 0 Å². The number of esters is 1. The summed E-state index contributed by atoms with van der Waals surface area (Å²) in [5.74, 6) is -1.09. The molecule has 0 aliphatic carbocycles. The Morgan fingerprint density at radius 2 is 1.78 bits per heavy atom. The second-order valence-electron chi connectivity index (χ2n) is 6.06. The molecule has 1 aliphatic heterocycles. The summed E-state index contributed by atoms with van der Waals surface area (Å²) in [5.41, 5.74) is 1.62. The van der Waals surface area contributed by atoms with Crippen LogP contribution in [-0.4, -0.2) is 37.6 Å². The van der Waals surface area contributed by atoms with E-state index in [9.17, 15) is 14.4 Å². The predicted octanol–water partition coefficient (Wildman–Crippen LogP) is 2.84. The van der Waals surface area contributed by atoms with Gasteiger partial charge in [0.05, 0.1) is 18.4 Å². The first-order valence-corrected chi connectivity index (χ1v) is 8.59. The van der Waals surface area contributed by atoms with Gasteiger partial charge in [-0.3, -0.25) is 9.59 Å². The number of hydrogen-bond donors (Lipinski definition) is 2. The summed E-state index contributed by atoms with van der Waals surface area (Å²) in [6, 6.07) is 13.1. The molecular weight excluding hydrogens is 348 g/mol. The van der Waals surface area contributed by atoms with Crippen LogP contribution in [-0.2, 0) is 14.3 Å². The number of hydrogen-bond acceptors (Lipinski definition) is 5. The molecule has 0 unspecified atom stereocenters. The van der Waals surface area contributed by atoms with Crippen molar-refractivity contribution in [3.05, 3.63) is 59.7 Å². The maximum Gasteiger partial charge on any atom is 0.339 e. The molecule has 2 aromatic carbocycles. The molecule has 0 bridgehead atoms. The minimum Gasteiger partial charge on any atom is -0.465 e. The first-order valence-electron chi connectivity index (χ1n) is 8.59. The van der Waals surface area contributed by atoms with Crippen molar-refractivity contribution in [3.63, 3.8) is 0 Å². The van der Waals surface area contributed by atoms with Crippen LogP contribution in [0.15, 0.2) is 48.5 Å². The van der Waals surface area contributed by atoms with Gasteiger partial charge in [-0.2, -0.15) is 0 Å². The molecule has 7 heteroatoms. The normalized spacial score (nSPS) is 15.8. The topological polar surface area (TPSA) is 93.7 Å². The molecule has 0 spiro atoms. The molecule has 1 saturated heterocycles. The number of para-hydroxylation sites is 1. The maximum atomic E-state index is 12.4. The quantitative estimate of drug-likeness (QED) is 0.792. The van der Waals surface area contributed by atoms with Crippen LogP contribution in [0.1, 0.15) is 33.6 Å². The van der Waals surface area contributed by atoms with Crippen molar-refractivity contribution in [2.24, 2.45) is 0 Å². The molecule has 1 heterocycles. The van der Waals surface area contributed by atoms with Crippen LogP contribution < -0.4 is 10.6 Å². The Kier molecular flexibility index (Phi) is 5.83. The van der Waals surface area contributed by atoms with E-state index < -0.39 is 12.1 Å². The van der Waals surface area contributed by atoms with Crippen LogP contribution in [0.5, 0.6) is 0 Å². The van der Waals surface area contributed by atoms with Gasteiger partial charge in [-0.05, 0) is 49.2 Å². The number of anilines is 2. The minimum atomic E-state index is -0.530. The Morgan fingerprint density at radius 1 is 1.04 bits per heavy atom. The highest BCUT2D eigenvalue weighted by atomic mass is 16.5. The van der Waals surface area contributed by atoms with E-state index in [4.69, 9.17) is 9.47 Å². The summed E-state index contributed by atoms with van der Waals surface area (Å²) in [7, 11) is 1.28. The van der Waals surface area contributed by atoms with Gasteiger partial charge in [0.1, 0.15) is 6.10 Å². The number of carbonyl (C=O) groups is 3. The first kappa shape index (κ1) is 18.6. The van der Waals surface area contributed by atoms with Crippen LogP contribution in [0.3, 0.4) is 0 Å². The van der Waals surface area contributed by atoms with Crippen molar-refractivity contribution in [2.75, 3.05) is 24.4 Å². The number of ether oxygens (including phenoxy) is 2. The van der Waals surface area contributed by atoms with Gasteiger partial charge in [0.15, 0.2) is 0 Å². The summed E-state index contributed by atoms with van der Waals surface area (Å²) < 4.78 is 10.1. The predicted molar refractivity (Wildman–Crippen MR) is 99.8 cm³/mol. The van der Waals surface area contributed by atoms with Gasteiger partial charge >= 0.3 is 5.97 Å². The number of carbonyl (C=O) groups excluding carboxylic acids is 3. The largest absolute Gasteiger partial charge is 0.465 e. The Balaban J connectivity index is 1.66. The van der Waals surface area contributed by atoms with E-state index in [1.807, 2.05) is 0 Å². The highest BCUT2D eigenvalue weighted by Crippen LogP contribution is 2.19. The molecule has 1 aliphatic rings. The van der Waals surface area contributed by atoms with Crippen LogP contribution in [0.2, 0.25) is 0 Å². The number of benzene rings is 2. The van der Waals surface area contributed by atoms with Gasteiger partial charge in [0, 0.05) is 17.9 Å². The lowest BCUT2D eigenvalue weighted by atomic mass is 10.1. The van der Waals surface area contributed by atoms with E-state index in [1.165, 1.54) is 7.11 Å². The Hall–Kier alpha value is -3.19. The molecule has 0 saturated carbocycles. The Labute approximate surface area is 156 Å². The van der Waals surface area contributed by atoms with E-state index in [1.54, 1.807) is 48.5 Å². The molecule has 140 valence electrons. The molecule has 0 aromatic heterocycles. The molecule has 1 fully saturated rings. The highest BCUT2D eigenvalue weighted by molar-refractivity contribution is 6.08. The lowest BCUT2D eigenvalue weighted by Gasteiger charge is -2.12. The third-order valence-electron chi connectivity index (χ3n) is 4.22. The zero-order valence-electron chi connectivity index (χ0n) is 14.9. The van der Waals surface area contributed by atoms with Gasteiger partial charge < -0.3 is 20.1 Å². The first-order chi connectivity index (χ1) is 13.1. The van der Waals surface area contributed by atoms with Crippen molar-refractivity contribution in [2.45, 2.75) is 18.9 Å². The lowest BCUT2D eigenvalue weighted by Crippen LogP contribution is -2.26. The van der Waals surface area contributed by atoms with Gasteiger partial charge in [0.25, 0.3) is 11.8 Å². The number of methoxy groups -OCH3 is 1. The van der Waals surface area contributed by atoms with Crippen molar-refractivity contribution >= 4 is 29.2 Å². The third-order valence-corrected chi connectivity index (χ3v) is 4.22. The van der Waals surface area contributed by atoms with Gasteiger partial charge in [0.2, 0.25) is 0 Å². The summed E-state index contributed by atoms with van der Waals surface area (Å²) >= 11 is 0. The molecule has 0 radical (unpaired) electrons. The summed E-state index contributed by atoms with van der Waals surface area (Å²) in [4.78, 5) is 36.3. The summed E-state index contributed by atoms with van der Waals surface area (Å²) in [6.07, 6.45) is 1.18. The fraction of sp³-hybridized carbons (Fsp3) is 0.250. The van der Waals surface area contributed by atoms with Crippen molar-refractivity contribution in [1.82, 2.24) is 0 Å². The molecule has 2 N–H and O–H groups in total. The fourth-order valence-electron chi connectivity index (χ4n) is 2.79. The van der Waals surface area contributed by atoms with Crippen molar-refractivity contribution < 1.29 is 23.9 Å². The van der Waals surface area contributed by atoms with Gasteiger partial charge in [-0.15, -0.1) is 0 Å². The molecule has 2 amide bonds. The zero-order valence-corrected chi connectivity index (χ0v) is 14.9. The average molecular weight is 368 g/mol. The standard InChI is InChI=1S/C20H20N2O5/c1-26-20(25)15-5-2-3-6-16(15)22-18(23)13-8-10-14(11-9-13)21-19(24)17-7-4-12-27-17/h2-3,5-6,8-11,17H,4,7,12H2,1H3,(H,21,24)(H,22,23)/t17-/m1/s1. The lowest BCUT2D eigenvalue weighted by molar-refractivity contribution is -0.124. The van der Waals surface area contributed by atoms with Crippen molar-refractivity contribution in [1.29, 1.82) is 0 Å². The molecule has 2 aromatic rings. The summed E-state index contributed by atoms with van der Waals surface area (Å²) in [5, 5.41) is 5.47. The Bertz CT molecular complexity index is 842. The fourth-order valence-corrected chi connectivity index (χ4v) is 2.79. The SMILES string of the molecule is COC(=O)c1ccccc1NC(=O)c1ccc(NC(=O)[C@H]2CCCO2)cc1. The van der Waals surface area contributed by atoms with Crippen LogP contribution in [0.4, 0.5) is 11.4 Å².